The second-order valence-electron chi connectivity index (χ2n) is 3.27. The number of fused-ring (bicyclic) bond motifs is 1. The minimum absolute atomic E-state index is 0.479. The topological polar surface area (TPSA) is 74.9 Å². The zero-order chi connectivity index (χ0) is 9.97. The van der Waals surface area contributed by atoms with Crippen LogP contribution in [0.5, 0.6) is 0 Å². The highest BCUT2D eigenvalue weighted by atomic mass is 16.3. The molecule has 4 heteroatoms. The molecule has 74 valence electrons. The fraction of sp³-hybridized carbons (Fsp3) is 0.300. The van der Waals surface area contributed by atoms with Gasteiger partial charge in [0.25, 0.3) is 0 Å². The number of benzene rings is 1. The second kappa shape index (κ2) is 3.77. The van der Waals surface area contributed by atoms with Crippen molar-refractivity contribution in [2.45, 2.75) is 12.5 Å². The largest absolute Gasteiger partial charge is 0.388 e. The van der Waals surface area contributed by atoms with Gasteiger partial charge in [-0.25, -0.2) is 4.98 Å². The first kappa shape index (κ1) is 9.18. The molecule has 2 aromatic rings. The van der Waals surface area contributed by atoms with E-state index in [4.69, 9.17) is 5.73 Å². The normalized spacial score (nSPS) is 13.3. The van der Waals surface area contributed by atoms with Gasteiger partial charge in [-0.15, -0.1) is 0 Å². The van der Waals surface area contributed by atoms with E-state index in [1.54, 1.807) is 6.33 Å². The highest BCUT2D eigenvalue weighted by Gasteiger charge is 2.07. The third kappa shape index (κ3) is 1.62. The molecule has 1 aromatic heterocycles. The van der Waals surface area contributed by atoms with Crippen molar-refractivity contribution in [1.82, 2.24) is 9.97 Å². The van der Waals surface area contributed by atoms with Gasteiger partial charge in [0, 0.05) is 0 Å². The van der Waals surface area contributed by atoms with E-state index < -0.39 is 6.10 Å². The maximum atomic E-state index is 9.70. The summed E-state index contributed by atoms with van der Waals surface area (Å²) in [6, 6.07) is 5.67. The van der Waals surface area contributed by atoms with Gasteiger partial charge in [-0.1, -0.05) is 6.07 Å². The number of aromatic amines is 1. The van der Waals surface area contributed by atoms with E-state index in [0.29, 0.717) is 13.0 Å². The minimum Gasteiger partial charge on any atom is -0.388 e. The highest BCUT2D eigenvalue weighted by Crippen LogP contribution is 2.19. The van der Waals surface area contributed by atoms with Crippen molar-refractivity contribution in [2.24, 2.45) is 5.73 Å². The number of imidazole rings is 1. The van der Waals surface area contributed by atoms with Crippen molar-refractivity contribution in [3.63, 3.8) is 0 Å². The molecule has 1 heterocycles. The fourth-order valence-corrected chi connectivity index (χ4v) is 1.49. The Labute approximate surface area is 81.8 Å². The van der Waals surface area contributed by atoms with Crippen LogP contribution in [0.25, 0.3) is 11.0 Å². The summed E-state index contributed by atoms with van der Waals surface area (Å²) in [5, 5.41) is 9.70. The van der Waals surface area contributed by atoms with Crippen LogP contribution in [-0.4, -0.2) is 21.6 Å². The van der Waals surface area contributed by atoms with E-state index in [-0.39, 0.29) is 0 Å². The average molecular weight is 191 g/mol. The van der Waals surface area contributed by atoms with Crippen LogP contribution in [0.1, 0.15) is 18.1 Å². The molecule has 4 N–H and O–H groups in total. The predicted molar refractivity (Wildman–Crippen MR) is 54.7 cm³/mol. The summed E-state index contributed by atoms with van der Waals surface area (Å²) >= 11 is 0. The van der Waals surface area contributed by atoms with Gasteiger partial charge < -0.3 is 15.8 Å². The highest BCUT2D eigenvalue weighted by molar-refractivity contribution is 5.75. The molecule has 0 aliphatic rings. The number of nitrogens with zero attached hydrogens (tertiary/aromatic N) is 1. The summed E-state index contributed by atoms with van der Waals surface area (Å²) in [5.74, 6) is 0. The standard InChI is InChI=1S/C10H13N3O/c11-4-3-10(14)7-1-2-8-9(5-7)13-6-12-8/h1-2,5-6,10,14H,3-4,11H2,(H,12,13)/t10-/m0/s1. The summed E-state index contributed by atoms with van der Waals surface area (Å²) < 4.78 is 0. The first-order chi connectivity index (χ1) is 6.81. The SMILES string of the molecule is NCC[C@H](O)c1ccc2nc[nH]c2c1. The van der Waals surface area contributed by atoms with Gasteiger partial charge in [-0.05, 0) is 30.7 Å². The number of aliphatic hydroxyl groups excluding tert-OH is 1. The predicted octanol–water partition coefficient (Wildman–Crippen LogP) is 0.945. The van der Waals surface area contributed by atoms with E-state index in [0.717, 1.165) is 16.6 Å². The van der Waals surface area contributed by atoms with Crippen molar-refractivity contribution < 1.29 is 5.11 Å². The number of rotatable bonds is 3. The van der Waals surface area contributed by atoms with E-state index in [2.05, 4.69) is 9.97 Å². The third-order valence-electron chi connectivity index (χ3n) is 2.27. The molecule has 0 bridgehead atoms. The lowest BCUT2D eigenvalue weighted by Crippen LogP contribution is -2.06. The summed E-state index contributed by atoms with van der Waals surface area (Å²) in [5.41, 5.74) is 8.11. The average Bonchev–Trinajstić information content (AvgIpc) is 2.64. The number of H-pyrrole nitrogens is 1. The van der Waals surface area contributed by atoms with E-state index in [1.165, 1.54) is 0 Å². The number of hydrogen-bond donors (Lipinski definition) is 3. The minimum atomic E-state index is -0.479. The van der Waals surface area contributed by atoms with Gasteiger partial charge in [-0.3, -0.25) is 0 Å². The van der Waals surface area contributed by atoms with Crippen molar-refractivity contribution in [1.29, 1.82) is 0 Å². The second-order valence-corrected chi connectivity index (χ2v) is 3.27. The Balaban J connectivity index is 2.33. The van der Waals surface area contributed by atoms with Crippen molar-refractivity contribution >= 4 is 11.0 Å². The van der Waals surface area contributed by atoms with E-state index >= 15 is 0 Å². The van der Waals surface area contributed by atoms with E-state index in [9.17, 15) is 5.11 Å². The molecule has 2 rings (SSSR count). The molecular weight excluding hydrogens is 178 g/mol. The fourth-order valence-electron chi connectivity index (χ4n) is 1.49. The number of nitrogens with two attached hydrogens (primary N) is 1. The molecule has 0 fully saturated rings. The lowest BCUT2D eigenvalue weighted by Gasteiger charge is -2.08. The molecule has 0 spiro atoms. The van der Waals surface area contributed by atoms with Crippen molar-refractivity contribution in [3.8, 4) is 0 Å². The summed E-state index contributed by atoms with van der Waals surface area (Å²) in [7, 11) is 0. The van der Waals surface area contributed by atoms with Crippen LogP contribution in [0.2, 0.25) is 0 Å². The Kier molecular flexibility index (Phi) is 2.47. The lowest BCUT2D eigenvalue weighted by atomic mass is 10.1. The van der Waals surface area contributed by atoms with Crippen LogP contribution in [-0.2, 0) is 0 Å². The van der Waals surface area contributed by atoms with Crippen LogP contribution < -0.4 is 5.73 Å². The molecule has 4 nitrogen and oxygen atoms in total. The van der Waals surface area contributed by atoms with Crippen LogP contribution in [0.4, 0.5) is 0 Å². The maximum Gasteiger partial charge on any atom is 0.0931 e. The maximum absolute atomic E-state index is 9.70. The lowest BCUT2D eigenvalue weighted by molar-refractivity contribution is 0.170. The van der Waals surface area contributed by atoms with Gasteiger partial charge in [0.15, 0.2) is 0 Å². The van der Waals surface area contributed by atoms with Crippen LogP contribution in [0.3, 0.4) is 0 Å². The molecule has 1 aromatic carbocycles. The van der Waals surface area contributed by atoms with Crippen LogP contribution >= 0.6 is 0 Å². The molecule has 0 amide bonds. The Bertz CT molecular complexity index is 424. The van der Waals surface area contributed by atoms with Gasteiger partial charge in [-0.2, -0.15) is 0 Å². The monoisotopic (exact) mass is 191 g/mol. The molecule has 0 saturated heterocycles. The molecule has 0 saturated carbocycles. The third-order valence-corrected chi connectivity index (χ3v) is 2.27. The van der Waals surface area contributed by atoms with Gasteiger partial charge in [0.05, 0.1) is 23.5 Å². The molecule has 1 atom stereocenters. The Morgan fingerprint density at radius 1 is 1.50 bits per heavy atom. The number of aromatic nitrogens is 2. The van der Waals surface area contributed by atoms with Crippen LogP contribution in [0, 0.1) is 0 Å². The molecular formula is C10H13N3O. The Hall–Kier alpha value is -1.39. The summed E-state index contributed by atoms with van der Waals surface area (Å²) in [4.78, 5) is 7.11. The van der Waals surface area contributed by atoms with Crippen molar-refractivity contribution in [2.75, 3.05) is 6.54 Å². The number of nitrogens with one attached hydrogen (secondary N) is 1. The number of aliphatic hydroxyl groups is 1. The van der Waals surface area contributed by atoms with E-state index in [1.807, 2.05) is 18.2 Å². The van der Waals surface area contributed by atoms with Crippen molar-refractivity contribution in [3.05, 3.63) is 30.1 Å². The molecule has 14 heavy (non-hydrogen) atoms. The number of hydrogen-bond acceptors (Lipinski definition) is 3. The molecule has 0 aliphatic heterocycles. The molecule has 0 radical (unpaired) electrons. The smallest absolute Gasteiger partial charge is 0.0931 e. The van der Waals surface area contributed by atoms with Crippen LogP contribution in [0.15, 0.2) is 24.5 Å². The summed E-state index contributed by atoms with van der Waals surface area (Å²) in [6.45, 7) is 0.488. The first-order valence-electron chi connectivity index (χ1n) is 4.62. The Morgan fingerprint density at radius 3 is 3.14 bits per heavy atom. The van der Waals surface area contributed by atoms with Gasteiger partial charge in [0.1, 0.15) is 0 Å². The first-order valence-corrected chi connectivity index (χ1v) is 4.62. The van der Waals surface area contributed by atoms with Gasteiger partial charge in [0.2, 0.25) is 0 Å². The zero-order valence-corrected chi connectivity index (χ0v) is 7.77. The van der Waals surface area contributed by atoms with Gasteiger partial charge >= 0.3 is 0 Å². The zero-order valence-electron chi connectivity index (χ0n) is 7.77. The Morgan fingerprint density at radius 2 is 2.36 bits per heavy atom. The molecule has 0 unspecified atom stereocenters. The summed E-state index contributed by atoms with van der Waals surface area (Å²) in [6.07, 6.45) is 1.75. The quantitative estimate of drug-likeness (QED) is 0.676. The molecule has 0 aliphatic carbocycles.